The van der Waals surface area contributed by atoms with Crippen molar-refractivity contribution < 1.29 is 19.2 Å². The molecule has 0 saturated carbocycles. The summed E-state index contributed by atoms with van der Waals surface area (Å²) in [6.45, 7) is 2.30. The van der Waals surface area contributed by atoms with Gasteiger partial charge in [-0.05, 0) is 36.6 Å². The molecule has 0 aliphatic heterocycles. The number of benzene rings is 1. The first-order chi connectivity index (χ1) is 12.4. The summed E-state index contributed by atoms with van der Waals surface area (Å²) in [6.07, 6.45) is 0. The van der Waals surface area contributed by atoms with Crippen LogP contribution in [0.2, 0.25) is 5.02 Å². The zero-order valence-corrected chi connectivity index (χ0v) is 16.5. The number of nitrogens with one attached hydrogen (secondary N) is 3. The number of carbonyl (C=O) groups excluding carboxylic acids is 2. The van der Waals surface area contributed by atoms with Crippen molar-refractivity contribution in [3.05, 3.63) is 45.6 Å². The van der Waals surface area contributed by atoms with Crippen molar-refractivity contribution in [2.75, 3.05) is 32.6 Å². The molecule has 1 aromatic heterocycles. The van der Waals surface area contributed by atoms with E-state index in [2.05, 4.69) is 10.6 Å². The molecule has 0 bridgehead atoms. The van der Waals surface area contributed by atoms with Crippen LogP contribution >= 0.6 is 22.9 Å². The number of likely N-dealkylation sites (N-methyl/N-ethyl adjacent to an activating group) is 1. The maximum atomic E-state index is 12.2. The molecular formula is C18H23ClN3O3S+. The Morgan fingerprint density at radius 2 is 2.00 bits per heavy atom. The first kappa shape index (κ1) is 20.2. The summed E-state index contributed by atoms with van der Waals surface area (Å²) in [7, 11) is 3.32. The summed E-state index contributed by atoms with van der Waals surface area (Å²) in [5.74, 6) is 0.210. The number of thiophene rings is 1. The van der Waals surface area contributed by atoms with Crippen molar-refractivity contribution in [2.24, 2.45) is 0 Å². The van der Waals surface area contributed by atoms with E-state index in [4.69, 9.17) is 16.3 Å². The van der Waals surface area contributed by atoms with Crippen LogP contribution in [0.25, 0.3) is 0 Å². The smallest absolute Gasteiger partial charge is 0.279 e. The van der Waals surface area contributed by atoms with Gasteiger partial charge in [-0.15, -0.1) is 11.3 Å². The third kappa shape index (κ3) is 6.01. The number of rotatable bonds is 8. The fourth-order valence-electron chi connectivity index (χ4n) is 2.48. The first-order valence-electron chi connectivity index (χ1n) is 8.16. The standard InChI is InChI=1S/C18H22ClN3O3S/c1-12(16-5-4-8-26-16)20-17(23)10-22(2)11-18(24)21-14-9-13(19)6-7-15(14)25-3/h4-9,12H,10-11H2,1-3H3,(H,20,23)(H,21,24)/p+1/t12-/m1/s1. The van der Waals surface area contributed by atoms with E-state index in [9.17, 15) is 9.59 Å². The van der Waals surface area contributed by atoms with Crippen molar-refractivity contribution in [2.45, 2.75) is 13.0 Å². The minimum Gasteiger partial charge on any atom is -0.495 e. The molecule has 0 fully saturated rings. The van der Waals surface area contributed by atoms with Gasteiger partial charge in [0.2, 0.25) is 0 Å². The molecule has 1 heterocycles. The van der Waals surface area contributed by atoms with E-state index in [0.29, 0.717) is 16.5 Å². The topological polar surface area (TPSA) is 71.9 Å². The Kier molecular flexibility index (Phi) is 7.44. The Balaban J connectivity index is 1.83. The molecule has 0 saturated heterocycles. The Bertz CT molecular complexity index is 752. The number of hydrogen-bond donors (Lipinski definition) is 3. The minimum atomic E-state index is -0.220. The molecule has 2 aromatic rings. The summed E-state index contributed by atoms with van der Waals surface area (Å²) in [5.41, 5.74) is 0.508. The first-order valence-corrected chi connectivity index (χ1v) is 9.42. The van der Waals surface area contributed by atoms with Crippen LogP contribution in [-0.4, -0.2) is 39.1 Å². The Labute approximate surface area is 162 Å². The van der Waals surface area contributed by atoms with Crippen LogP contribution in [0, 0.1) is 0 Å². The van der Waals surface area contributed by atoms with Crippen molar-refractivity contribution in [3.8, 4) is 5.75 Å². The molecule has 0 spiro atoms. The lowest BCUT2D eigenvalue weighted by atomic mass is 10.2. The van der Waals surface area contributed by atoms with Gasteiger partial charge in [0.25, 0.3) is 11.8 Å². The van der Waals surface area contributed by atoms with Gasteiger partial charge >= 0.3 is 0 Å². The second-order valence-corrected chi connectivity index (χ2v) is 7.42. The van der Waals surface area contributed by atoms with E-state index < -0.39 is 0 Å². The Hall–Kier alpha value is -2.09. The molecule has 2 amide bonds. The van der Waals surface area contributed by atoms with Gasteiger partial charge in [0.15, 0.2) is 13.1 Å². The van der Waals surface area contributed by atoms with Crippen LogP contribution in [0.15, 0.2) is 35.7 Å². The second kappa shape index (κ2) is 9.56. The van der Waals surface area contributed by atoms with Gasteiger partial charge in [-0.2, -0.15) is 0 Å². The monoisotopic (exact) mass is 396 g/mol. The van der Waals surface area contributed by atoms with E-state index in [1.807, 2.05) is 24.4 Å². The molecule has 8 heteroatoms. The lowest BCUT2D eigenvalue weighted by molar-refractivity contribution is -0.862. The summed E-state index contributed by atoms with van der Waals surface area (Å²) in [6, 6.07) is 8.90. The minimum absolute atomic E-state index is 0.0418. The highest BCUT2D eigenvalue weighted by Gasteiger charge is 2.17. The molecule has 0 aliphatic carbocycles. The lowest BCUT2D eigenvalue weighted by Gasteiger charge is -2.17. The fourth-order valence-corrected chi connectivity index (χ4v) is 3.39. The van der Waals surface area contributed by atoms with Gasteiger partial charge in [0, 0.05) is 9.90 Å². The zero-order valence-electron chi connectivity index (χ0n) is 15.0. The number of anilines is 1. The van der Waals surface area contributed by atoms with Crippen molar-refractivity contribution in [1.82, 2.24) is 5.32 Å². The maximum Gasteiger partial charge on any atom is 0.279 e. The number of carbonyl (C=O) groups is 2. The Morgan fingerprint density at radius 1 is 1.27 bits per heavy atom. The van der Waals surface area contributed by atoms with E-state index in [0.717, 1.165) is 9.78 Å². The molecule has 1 aromatic carbocycles. The highest BCUT2D eigenvalue weighted by Crippen LogP contribution is 2.27. The molecule has 26 heavy (non-hydrogen) atoms. The molecule has 6 nitrogen and oxygen atoms in total. The van der Waals surface area contributed by atoms with Crippen LogP contribution in [0.3, 0.4) is 0 Å². The van der Waals surface area contributed by atoms with Crippen LogP contribution < -0.4 is 20.3 Å². The van der Waals surface area contributed by atoms with Crippen LogP contribution in [0.4, 0.5) is 5.69 Å². The fraction of sp³-hybridized carbons (Fsp3) is 0.333. The van der Waals surface area contributed by atoms with E-state index in [-0.39, 0.29) is 30.9 Å². The second-order valence-electron chi connectivity index (χ2n) is 6.01. The molecular weight excluding hydrogens is 374 g/mol. The Morgan fingerprint density at radius 3 is 2.65 bits per heavy atom. The number of quaternary nitrogens is 1. The average Bonchev–Trinajstić information content (AvgIpc) is 3.09. The molecule has 3 N–H and O–H groups in total. The van der Waals surface area contributed by atoms with Crippen molar-refractivity contribution >= 4 is 40.4 Å². The molecule has 1 unspecified atom stereocenters. The quantitative estimate of drug-likeness (QED) is 0.636. The van der Waals surface area contributed by atoms with Crippen LogP contribution in [-0.2, 0) is 9.59 Å². The SMILES string of the molecule is COc1ccc(Cl)cc1NC(=O)C[NH+](C)CC(=O)N[C@H](C)c1cccs1. The average molecular weight is 397 g/mol. The lowest BCUT2D eigenvalue weighted by Crippen LogP contribution is -3.11. The van der Waals surface area contributed by atoms with Crippen LogP contribution in [0.5, 0.6) is 5.75 Å². The van der Waals surface area contributed by atoms with Gasteiger partial charge in [0.1, 0.15) is 5.75 Å². The molecule has 2 atom stereocenters. The van der Waals surface area contributed by atoms with Crippen molar-refractivity contribution in [3.63, 3.8) is 0 Å². The summed E-state index contributed by atoms with van der Waals surface area (Å²) in [5, 5.41) is 8.19. The predicted octanol–water partition coefficient (Wildman–Crippen LogP) is 1.74. The molecule has 140 valence electrons. The van der Waals surface area contributed by atoms with Gasteiger partial charge in [-0.25, -0.2) is 0 Å². The van der Waals surface area contributed by atoms with Gasteiger partial charge in [-0.3, -0.25) is 9.59 Å². The largest absolute Gasteiger partial charge is 0.495 e. The summed E-state index contributed by atoms with van der Waals surface area (Å²) < 4.78 is 5.21. The summed E-state index contributed by atoms with van der Waals surface area (Å²) in [4.78, 5) is 26.3. The van der Waals surface area contributed by atoms with Gasteiger partial charge < -0.3 is 20.3 Å². The summed E-state index contributed by atoms with van der Waals surface area (Å²) >= 11 is 7.56. The molecule has 0 aliphatic rings. The van der Waals surface area contributed by atoms with E-state index in [1.54, 1.807) is 36.6 Å². The normalized spacial score (nSPS) is 12.9. The highest BCUT2D eigenvalue weighted by molar-refractivity contribution is 7.10. The van der Waals surface area contributed by atoms with E-state index in [1.165, 1.54) is 7.11 Å². The maximum absolute atomic E-state index is 12.2. The highest BCUT2D eigenvalue weighted by atomic mass is 35.5. The van der Waals surface area contributed by atoms with Crippen LogP contribution in [0.1, 0.15) is 17.8 Å². The number of methoxy groups -OCH3 is 1. The molecule has 0 radical (unpaired) electrons. The number of halogens is 1. The van der Waals surface area contributed by atoms with Crippen molar-refractivity contribution in [1.29, 1.82) is 0 Å². The number of amides is 2. The van der Waals surface area contributed by atoms with Gasteiger partial charge in [0.05, 0.1) is 25.9 Å². The third-order valence-electron chi connectivity index (χ3n) is 3.71. The molecule has 2 rings (SSSR count). The number of ether oxygens (including phenoxy) is 1. The predicted molar refractivity (Wildman–Crippen MR) is 104 cm³/mol. The van der Waals surface area contributed by atoms with Gasteiger partial charge in [-0.1, -0.05) is 17.7 Å². The zero-order chi connectivity index (χ0) is 19.1. The third-order valence-corrected chi connectivity index (χ3v) is 5.00. The number of hydrogen-bond acceptors (Lipinski definition) is 4. The van der Waals surface area contributed by atoms with E-state index >= 15 is 0 Å².